The fourth-order valence-corrected chi connectivity index (χ4v) is 2.99. The van der Waals surface area contributed by atoms with E-state index in [9.17, 15) is 9.50 Å². The van der Waals surface area contributed by atoms with E-state index in [1.54, 1.807) is 30.4 Å². The van der Waals surface area contributed by atoms with Crippen LogP contribution in [-0.2, 0) is 6.42 Å². The van der Waals surface area contributed by atoms with Crippen LogP contribution < -0.4 is 4.90 Å². The van der Waals surface area contributed by atoms with Gasteiger partial charge in [-0.25, -0.2) is 4.39 Å². The predicted molar refractivity (Wildman–Crippen MR) is 82.9 cm³/mol. The van der Waals surface area contributed by atoms with Crippen LogP contribution in [-0.4, -0.2) is 18.2 Å². The lowest BCUT2D eigenvalue weighted by molar-refractivity contribution is 0.199. The maximum absolute atomic E-state index is 14.1. The molecule has 108 valence electrons. The number of rotatable bonds is 5. The Morgan fingerprint density at radius 2 is 2.05 bits per heavy atom. The molecule has 0 saturated heterocycles. The van der Waals surface area contributed by atoms with Gasteiger partial charge in [0, 0.05) is 24.4 Å². The molecule has 1 heterocycles. The second kappa shape index (κ2) is 6.37. The summed E-state index contributed by atoms with van der Waals surface area (Å²) in [4.78, 5) is 3.24. The molecule has 20 heavy (non-hydrogen) atoms. The van der Waals surface area contributed by atoms with Crippen molar-refractivity contribution in [3.8, 4) is 0 Å². The summed E-state index contributed by atoms with van der Waals surface area (Å²) in [7, 11) is 1.90. The quantitative estimate of drug-likeness (QED) is 0.900. The Labute approximate surface area is 123 Å². The van der Waals surface area contributed by atoms with Gasteiger partial charge in [-0.3, -0.25) is 0 Å². The van der Waals surface area contributed by atoms with Gasteiger partial charge in [0.15, 0.2) is 0 Å². The van der Waals surface area contributed by atoms with E-state index in [2.05, 4.69) is 18.4 Å². The number of likely N-dealkylation sites (N-methyl/N-ethyl adjacent to an activating group) is 1. The monoisotopic (exact) mass is 293 g/mol. The van der Waals surface area contributed by atoms with Gasteiger partial charge in [-0.05, 0) is 43.0 Å². The molecule has 2 rings (SSSR count). The summed E-state index contributed by atoms with van der Waals surface area (Å²) in [6.07, 6.45) is 0.249. The lowest BCUT2D eigenvalue weighted by atomic mass is 10.1. The molecular weight excluding hydrogens is 273 g/mol. The van der Waals surface area contributed by atoms with Crippen molar-refractivity contribution in [2.75, 3.05) is 11.9 Å². The van der Waals surface area contributed by atoms with Crippen molar-refractivity contribution in [2.24, 2.45) is 0 Å². The van der Waals surface area contributed by atoms with E-state index in [0.29, 0.717) is 11.3 Å². The molecule has 0 bridgehead atoms. The van der Waals surface area contributed by atoms with Crippen LogP contribution in [0.3, 0.4) is 0 Å². The molecular formula is C16H20FNOS. The number of hydrogen-bond donors (Lipinski definition) is 1. The molecule has 0 aliphatic heterocycles. The van der Waals surface area contributed by atoms with Gasteiger partial charge in [-0.2, -0.15) is 0 Å². The summed E-state index contributed by atoms with van der Waals surface area (Å²) >= 11 is 1.72. The third-order valence-corrected chi connectivity index (χ3v) is 4.47. The molecule has 0 fully saturated rings. The normalized spacial score (nSPS) is 14.1. The average Bonchev–Trinajstić information content (AvgIpc) is 2.90. The van der Waals surface area contributed by atoms with Gasteiger partial charge in [0.1, 0.15) is 5.82 Å². The lowest BCUT2D eigenvalue weighted by Gasteiger charge is -2.27. The first-order valence-electron chi connectivity index (χ1n) is 6.71. The van der Waals surface area contributed by atoms with Crippen molar-refractivity contribution in [3.63, 3.8) is 0 Å². The molecule has 0 aliphatic carbocycles. The van der Waals surface area contributed by atoms with E-state index in [-0.39, 0.29) is 11.9 Å². The molecule has 2 nitrogen and oxygen atoms in total. The summed E-state index contributed by atoms with van der Waals surface area (Å²) in [6, 6.07) is 9.27. The standard InChI is InChI=1S/C16H20FNOS/c1-11(9-14-5-4-8-20-14)18(3)16-7-6-13(12(2)19)10-15(16)17/h4-8,10-12,19H,9H2,1-3H3/t11?,12-/m0/s1. The fourth-order valence-electron chi connectivity index (χ4n) is 2.16. The molecule has 1 unspecified atom stereocenters. The zero-order valence-corrected chi connectivity index (χ0v) is 12.8. The molecule has 0 radical (unpaired) electrons. The molecule has 4 heteroatoms. The summed E-state index contributed by atoms with van der Waals surface area (Å²) in [5, 5.41) is 11.5. The minimum Gasteiger partial charge on any atom is -0.389 e. The van der Waals surface area contributed by atoms with E-state index in [4.69, 9.17) is 0 Å². The SMILES string of the molecule is CC(Cc1cccs1)N(C)c1ccc([C@H](C)O)cc1F. The maximum atomic E-state index is 14.1. The van der Waals surface area contributed by atoms with Gasteiger partial charge < -0.3 is 10.0 Å². The van der Waals surface area contributed by atoms with Crippen LogP contribution in [0.15, 0.2) is 35.7 Å². The number of halogens is 1. The molecule has 0 spiro atoms. The summed E-state index contributed by atoms with van der Waals surface area (Å²) in [5.74, 6) is -0.288. The highest BCUT2D eigenvalue weighted by atomic mass is 32.1. The minimum absolute atomic E-state index is 0.209. The van der Waals surface area contributed by atoms with Gasteiger partial charge in [0.25, 0.3) is 0 Å². The van der Waals surface area contributed by atoms with E-state index in [1.165, 1.54) is 10.9 Å². The number of anilines is 1. The number of nitrogens with zero attached hydrogens (tertiary/aromatic N) is 1. The van der Waals surface area contributed by atoms with Crippen LogP contribution in [0.5, 0.6) is 0 Å². The lowest BCUT2D eigenvalue weighted by Crippen LogP contribution is -2.31. The third-order valence-electron chi connectivity index (χ3n) is 3.57. The van der Waals surface area contributed by atoms with Crippen molar-refractivity contribution in [1.29, 1.82) is 0 Å². The molecule has 2 atom stereocenters. The zero-order valence-electron chi connectivity index (χ0n) is 12.0. The highest BCUT2D eigenvalue weighted by Gasteiger charge is 2.16. The van der Waals surface area contributed by atoms with Gasteiger partial charge in [-0.15, -0.1) is 11.3 Å². The Hall–Kier alpha value is -1.39. The highest BCUT2D eigenvalue weighted by Crippen LogP contribution is 2.25. The van der Waals surface area contributed by atoms with E-state index >= 15 is 0 Å². The third kappa shape index (κ3) is 3.38. The van der Waals surface area contributed by atoms with E-state index in [1.807, 2.05) is 18.0 Å². The van der Waals surface area contributed by atoms with Crippen molar-refractivity contribution < 1.29 is 9.50 Å². The van der Waals surface area contributed by atoms with Gasteiger partial charge in [-0.1, -0.05) is 12.1 Å². The molecule has 0 saturated carbocycles. The van der Waals surface area contributed by atoms with E-state index in [0.717, 1.165) is 6.42 Å². The summed E-state index contributed by atoms with van der Waals surface area (Å²) < 4.78 is 14.1. The Kier molecular flexibility index (Phi) is 4.78. The number of aliphatic hydroxyl groups is 1. The largest absolute Gasteiger partial charge is 0.389 e. The average molecular weight is 293 g/mol. The number of hydrogen-bond acceptors (Lipinski definition) is 3. The summed E-state index contributed by atoms with van der Waals surface area (Å²) in [6.45, 7) is 3.72. The molecule has 1 N–H and O–H groups in total. The smallest absolute Gasteiger partial charge is 0.146 e. The first-order chi connectivity index (χ1) is 9.49. The van der Waals surface area contributed by atoms with Crippen molar-refractivity contribution in [3.05, 3.63) is 52.0 Å². The second-order valence-corrected chi connectivity index (χ2v) is 6.16. The topological polar surface area (TPSA) is 23.5 Å². The second-order valence-electron chi connectivity index (χ2n) is 5.13. The zero-order chi connectivity index (χ0) is 14.7. The fraction of sp³-hybridized carbons (Fsp3) is 0.375. The molecule has 0 amide bonds. The highest BCUT2D eigenvalue weighted by molar-refractivity contribution is 7.09. The first kappa shape index (κ1) is 15.0. The van der Waals surface area contributed by atoms with Crippen LogP contribution in [0.1, 0.15) is 30.4 Å². The van der Waals surface area contributed by atoms with Gasteiger partial charge >= 0.3 is 0 Å². The Morgan fingerprint density at radius 1 is 1.30 bits per heavy atom. The van der Waals surface area contributed by atoms with Gasteiger partial charge in [0.2, 0.25) is 0 Å². The molecule has 2 aromatic rings. The van der Waals surface area contributed by atoms with Crippen molar-refractivity contribution in [1.82, 2.24) is 0 Å². The van der Waals surface area contributed by atoms with Crippen LogP contribution in [0.25, 0.3) is 0 Å². The maximum Gasteiger partial charge on any atom is 0.146 e. The van der Waals surface area contributed by atoms with Crippen LogP contribution >= 0.6 is 11.3 Å². The Morgan fingerprint density at radius 3 is 2.60 bits per heavy atom. The summed E-state index contributed by atoms with van der Waals surface area (Å²) in [5.41, 5.74) is 1.17. The molecule has 1 aromatic heterocycles. The first-order valence-corrected chi connectivity index (χ1v) is 7.59. The predicted octanol–water partition coefficient (Wildman–Crippen LogP) is 4.01. The number of aliphatic hydroxyl groups excluding tert-OH is 1. The van der Waals surface area contributed by atoms with Gasteiger partial charge in [0.05, 0.1) is 11.8 Å². The van der Waals surface area contributed by atoms with E-state index < -0.39 is 6.10 Å². The number of thiophene rings is 1. The van der Waals surface area contributed by atoms with Crippen molar-refractivity contribution in [2.45, 2.75) is 32.4 Å². The Bertz CT molecular complexity index is 554. The number of benzene rings is 1. The van der Waals surface area contributed by atoms with Crippen LogP contribution in [0.4, 0.5) is 10.1 Å². The van der Waals surface area contributed by atoms with Crippen molar-refractivity contribution >= 4 is 17.0 Å². The van der Waals surface area contributed by atoms with Crippen LogP contribution in [0.2, 0.25) is 0 Å². The minimum atomic E-state index is -0.646. The molecule has 0 aliphatic rings. The Balaban J connectivity index is 2.14. The molecule has 1 aromatic carbocycles. The van der Waals surface area contributed by atoms with Crippen LogP contribution in [0, 0.1) is 5.82 Å².